The Kier molecular flexibility index (Phi) is 2.82. The molecule has 0 saturated carbocycles. The van der Waals surface area contributed by atoms with E-state index in [9.17, 15) is 10.1 Å². The van der Waals surface area contributed by atoms with Gasteiger partial charge in [-0.1, -0.05) is 6.08 Å². The molecule has 1 aromatic heterocycles. The van der Waals surface area contributed by atoms with Gasteiger partial charge in [0.2, 0.25) is 0 Å². The van der Waals surface area contributed by atoms with Gasteiger partial charge in [0.15, 0.2) is 0 Å². The van der Waals surface area contributed by atoms with E-state index in [0.717, 1.165) is 0 Å². The van der Waals surface area contributed by atoms with Crippen LogP contribution in [-0.4, -0.2) is 39.0 Å². The summed E-state index contributed by atoms with van der Waals surface area (Å²) >= 11 is 0. The molecule has 8 heteroatoms. The summed E-state index contributed by atoms with van der Waals surface area (Å²) in [5.74, 6) is -0.444. The Morgan fingerprint density at radius 3 is 3.25 bits per heavy atom. The highest BCUT2D eigenvalue weighted by molar-refractivity contribution is 5.11. The van der Waals surface area contributed by atoms with E-state index in [0.29, 0.717) is 19.8 Å². The molecule has 86 valence electrons. The van der Waals surface area contributed by atoms with Gasteiger partial charge in [-0.3, -0.25) is 0 Å². The fourth-order valence-corrected chi connectivity index (χ4v) is 1.35. The van der Waals surface area contributed by atoms with Gasteiger partial charge in [0.25, 0.3) is 0 Å². The SMILES string of the molecule is C=CCOC[C@@H]1Cn2nc([N+](=O)[O-])nc2O1. The second kappa shape index (κ2) is 4.27. The topological polar surface area (TPSA) is 92.3 Å². The van der Waals surface area contributed by atoms with Crippen LogP contribution < -0.4 is 4.74 Å². The third-order valence-corrected chi connectivity index (χ3v) is 1.98. The molecule has 0 fully saturated rings. The molecule has 0 aromatic carbocycles. The highest BCUT2D eigenvalue weighted by atomic mass is 16.6. The normalized spacial score (nSPS) is 17.9. The van der Waals surface area contributed by atoms with Gasteiger partial charge in [-0.2, -0.15) is 0 Å². The number of hydrogen-bond acceptors (Lipinski definition) is 6. The van der Waals surface area contributed by atoms with Crippen LogP contribution in [0, 0.1) is 10.1 Å². The Balaban J connectivity index is 1.92. The molecule has 0 saturated heterocycles. The van der Waals surface area contributed by atoms with Crippen LogP contribution in [0.4, 0.5) is 5.95 Å². The summed E-state index contributed by atoms with van der Waals surface area (Å²) in [5, 5.41) is 14.0. The van der Waals surface area contributed by atoms with Gasteiger partial charge in [-0.15, -0.1) is 11.3 Å². The van der Waals surface area contributed by atoms with Crippen molar-refractivity contribution in [2.24, 2.45) is 0 Å². The van der Waals surface area contributed by atoms with Gasteiger partial charge in [0.1, 0.15) is 12.6 Å². The van der Waals surface area contributed by atoms with E-state index >= 15 is 0 Å². The summed E-state index contributed by atoms with van der Waals surface area (Å²) in [6, 6.07) is 0.166. The molecule has 1 aliphatic rings. The average molecular weight is 226 g/mol. The third kappa shape index (κ3) is 2.01. The van der Waals surface area contributed by atoms with Crippen molar-refractivity contribution < 1.29 is 14.4 Å². The Hall–Kier alpha value is -1.96. The summed E-state index contributed by atoms with van der Waals surface area (Å²) in [6.07, 6.45) is 1.44. The molecule has 0 aliphatic carbocycles. The van der Waals surface area contributed by atoms with Crippen molar-refractivity contribution in [1.29, 1.82) is 0 Å². The monoisotopic (exact) mass is 226 g/mol. The highest BCUT2D eigenvalue weighted by Crippen LogP contribution is 2.21. The van der Waals surface area contributed by atoms with Crippen LogP contribution >= 0.6 is 0 Å². The zero-order chi connectivity index (χ0) is 11.5. The highest BCUT2D eigenvalue weighted by Gasteiger charge is 2.33. The van der Waals surface area contributed by atoms with Crippen molar-refractivity contribution in [3.63, 3.8) is 0 Å². The van der Waals surface area contributed by atoms with Crippen molar-refractivity contribution >= 4 is 5.95 Å². The zero-order valence-corrected chi connectivity index (χ0v) is 8.40. The lowest BCUT2D eigenvalue weighted by atomic mass is 10.4. The summed E-state index contributed by atoms with van der Waals surface area (Å²) < 4.78 is 11.9. The van der Waals surface area contributed by atoms with Crippen LogP contribution in [0.2, 0.25) is 0 Å². The van der Waals surface area contributed by atoms with Crippen LogP contribution in [0.25, 0.3) is 0 Å². The second-order valence-electron chi connectivity index (χ2n) is 3.20. The van der Waals surface area contributed by atoms with E-state index in [1.807, 2.05) is 0 Å². The quantitative estimate of drug-likeness (QED) is 0.307. The first kappa shape index (κ1) is 10.6. The van der Waals surface area contributed by atoms with Crippen LogP contribution in [0.15, 0.2) is 12.7 Å². The lowest BCUT2D eigenvalue weighted by Crippen LogP contribution is -2.22. The molecular formula is C8H10N4O4. The zero-order valence-electron chi connectivity index (χ0n) is 8.40. The molecule has 2 rings (SSSR count). The Bertz CT molecular complexity index is 393. The first-order chi connectivity index (χ1) is 7.70. The summed E-state index contributed by atoms with van der Waals surface area (Å²) in [5.41, 5.74) is 0. The van der Waals surface area contributed by atoms with Crippen LogP contribution in [0.3, 0.4) is 0 Å². The molecule has 1 aliphatic heterocycles. The van der Waals surface area contributed by atoms with E-state index in [1.165, 1.54) is 4.68 Å². The van der Waals surface area contributed by atoms with E-state index in [1.54, 1.807) is 6.08 Å². The van der Waals surface area contributed by atoms with Gasteiger partial charge >= 0.3 is 12.0 Å². The van der Waals surface area contributed by atoms with Gasteiger partial charge < -0.3 is 19.6 Å². The van der Waals surface area contributed by atoms with Crippen molar-refractivity contribution in [2.75, 3.05) is 13.2 Å². The maximum atomic E-state index is 10.4. The smallest absolute Gasteiger partial charge is 0.443 e. The van der Waals surface area contributed by atoms with Crippen molar-refractivity contribution in [2.45, 2.75) is 12.6 Å². The lowest BCUT2D eigenvalue weighted by molar-refractivity contribution is -0.394. The minimum Gasteiger partial charge on any atom is -0.443 e. The van der Waals surface area contributed by atoms with Gasteiger partial charge in [-0.25, -0.2) is 0 Å². The number of ether oxygens (including phenoxy) is 2. The number of rotatable bonds is 5. The van der Waals surface area contributed by atoms with Crippen LogP contribution in [0.1, 0.15) is 0 Å². The van der Waals surface area contributed by atoms with Gasteiger partial charge in [0.05, 0.1) is 13.2 Å². The molecule has 1 aromatic rings. The number of hydrogen-bond donors (Lipinski definition) is 0. The predicted molar refractivity (Wildman–Crippen MR) is 52.1 cm³/mol. The molecule has 0 N–H and O–H groups in total. The minimum atomic E-state index is -0.655. The number of fused-ring (bicyclic) bond motifs is 1. The fourth-order valence-electron chi connectivity index (χ4n) is 1.35. The van der Waals surface area contributed by atoms with Crippen LogP contribution in [-0.2, 0) is 11.3 Å². The first-order valence-electron chi connectivity index (χ1n) is 4.65. The van der Waals surface area contributed by atoms with E-state index in [-0.39, 0.29) is 12.1 Å². The third-order valence-electron chi connectivity index (χ3n) is 1.98. The van der Waals surface area contributed by atoms with Crippen molar-refractivity contribution in [3.8, 4) is 6.01 Å². The first-order valence-corrected chi connectivity index (χ1v) is 4.65. The molecular weight excluding hydrogens is 216 g/mol. The van der Waals surface area contributed by atoms with E-state index in [2.05, 4.69) is 16.7 Å². The molecule has 2 heterocycles. The maximum absolute atomic E-state index is 10.4. The summed E-state index contributed by atoms with van der Waals surface area (Å²) in [4.78, 5) is 13.3. The standard InChI is InChI=1S/C8H10N4O4/c1-2-3-15-5-6-4-11-8(16-6)9-7(10-11)12(13)14/h2,6H,1,3-5H2/t6-/m0/s1. The Morgan fingerprint density at radius 2 is 2.62 bits per heavy atom. The van der Waals surface area contributed by atoms with Gasteiger partial charge in [-0.05, 0) is 9.91 Å². The van der Waals surface area contributed by atoms with Crippen molar-refractivity contribution in [1.82, 2.24) is 14.8 Å². The summed E-state index contributed by atoms with van der Waals surface area (Å²) in [6.45, 7) is 4.74. The molecule has 0 amide bonds. The molecule has 0 unspecified atom stereocenters. The molecule has 0 spiro atoms. The number of aromatic nitrogens is 3. The average Bonchev–Trinajstić information content (AvgIpc) is 2.75. The molecule has 0 radical (unpaired) electrons. The molecule has 1 atom stereocenters. The fraction of sp³-hybridized carbons (Fsp3) is 0.500. The Morgan fingerprint density at radius 1 is 1.81 bits per heavy atom. The van der Waals surface area contributed by atoms with Crippen molar-refractivity contribution in [3.05, 3.63) is 22.8 Å². The molecule has 16 heavy (non-hydrogen) atoms. The predicted octanol–water partition coefficient (Wildman–Crippen LogP) is 0.150. The van der Waals surface area contributed by atoms with E-state index < -0.39 is 10.9 Å². The minimum absolute atomic E-state index is 0.166. The Labute approximate surface area is 90.6 Å². The number of nitro groups is 1. The number of nitrogens with zero attached hydrogens (tertiary/aromatic N) is 4. The maximum Gasteiger partial charge on any atom is 0.494 e. The summed E-state index contributed by atoms with van der Waals surface area (Å²) in [7, 11) is 0. The lowest BCUT2D eigenvalue weighted by Gasteiger charge is -2.06. The second-order valence-corrected chi connectivity index (χ2v) is 3.20. The largest absolute Gasteiger partial charge is 0.494 e. The van der Waals surface area contributed by atoms with Crippen LogP contribution in [0.5, 0.6) is 6.01 Å². The molecule has 0 bridgehead atoms. The van der Waals surface area contributed by atoms with E-state index in [4.69, 9.17) is 9.47 Å². The molecule has 8 nitrogen and oxygen atoms in total. The van der Waals surface area contributed by atoms with Gasteiger partial charge in [0, 0.05) is 5.10 Å².